The van der Waals surface area contributed by atoms with Crippen LogP contribution in [0.15, 0.2) is 12.2 Å². The molecule has 23 heteroatoms. The zero-order valence-electron chi connectivity index (χ0n) is 45.0. The molecule has 0 aromatic heterocycles. The van der Waals surface area contributed by atoms with Crippen LogP contribution in [0.2, 0.25) is 0 Å². The lowest BCUT2D eigenvalue weighted by Crippen LogP contribution is -2.68. The van der Waals surface area contributed by atoms with Gasteiger partial charge in [-0.15, -0.1) is 0 Å². The van der Waals surface area contributed by atoms with Crippen molar-refractivity contribution in [1.82, 2.24) is 0 Å². The van der Waals surface area contributed by atoms with E-state index >= 15 is 0 Å². The van der Waals surface area contributed by atoms with Crippen LogP contribution in [0.1, 0.15) is 100 Å². The fourth-order valence-corrected chi connectivity index (χ4v) is 16.5. The summed E-state index contributed by atoms with van der Waals surface area (Å²) in [4.78, 5) is 0. The molecule has 4 aliphatic carbocycles. The third-order valence-electron chi connectivity index (χ3n) is 21.3. The fourth-order valence-electron chi connectivity index (χ4n) is 16.5. The Labute approximate surface area is 443 Å². The average molecular weight is 1090 g/mol. The van der Waals surface area contributed by atoms with Crippen LogP contribution < -0.4 is 0 Å². The van der Waals surface area contributed by atoms with Gasteiger partial charge in [0.2, 0.25) is 0 Å². The minimum atomic E-state index is -2.20. The Kier molecular flexibility index (Phi) is 16.4. The van der Waals surface area contributed by atoms with Crippen molar-refractivity contribution in [3.05, 3.63) is 12.2 Å². The highest BCUT2D eigenvalue weighted by Gasteiger charge is 2.81. The molecule has 9 rings (SSSR count). The molecule has 438 valence electrons. The minimum absolute atomic E-state index is 0.0294. The molecule has 5 aliphatic heterocycles. The molecule has 9 aliphatic rings. The van der Waals surface area contributed by atoms with Crippen LogP contribution in [0.3, 0.4) is 0 Å². The number of fused-ring (bicyclic) bond motifs is 7. The van der Waals surface area contributed by atoms with Gasteiger partial charge in [-0.05, 0) is 91.8 Å². The summed E-state index contributed by atoms with van der Waals surface area (Å²) < 4.78 is 55.3. The summed E-state index contributed by atoms with van der Waals surface area (Å²) in [5.41, 5.74) is -4.98. The number of rotatable bonds is 14. The van der Waals surface area contributed by atoms with Gasteiger partial charge in [-0.3, -0.25) is 0 Å². The van der Waals surface area contributed by atoms with Crippen molar-refractivity contribution in [3.8, 4) is 0 Å². The third-order valence-corrected chi connectivity index (χ3v) is 21.3. The van der Waals surface area contributed by atoms with Crippen molar-refractivity contribution in [1.29, 1.82) is 0 Å². The zero-order chi connectivity index (χ0) is 55.8. The first kappa shape index (κ1) is 59.4. The lowest BCUT2D eigenvalue weighted by molar-refractivity contribution is -0.402. The molecular weight excluding hydrogens is 1000 g/mol. The molecule has 5 saturated heterocycles. The maximum absolute atomic E-state index is 12.6. The van der Waals surface area contributed by atoms with Gasteiger partial charge in [-0.2, -0.15) is 0 Å². The Morgan fingerprint density at radius 3 is 1.91 bits per heavy atom. The highest BCUT2D eigenvalue weighted by atomic mass is 16.8. The van der Waals surface area contributed by atoms with Crippen molar-refractivity contribution in [3.63, 3.8) is 0 Å². The van der Waals surface area contributed by atoms with Crippen molar-refractivity contribution in [2.24, 2.45) is 51.2 Å². The number of ether oxygens (including phenoxy) is 9. The summed E-state index contributed by atoms with van der Waals surface area (Å²) in [7, 11) is 0. The smallest absolute Gasteiger partial charge is 0.198 e. The Hall–Kier alpha value is -1.18. The largest absolute Gasteiger partial charge is 0.394 e. The second-order valence-corrected chi connectivity index (χ2v) is 25.9. The summed E-state index contributed by atoms with van der Waals surface area (Å²) in [6, 6.07) is 0. The molecule has 14 N–H and O–H groups in total. The first-order chi connectivity index (χ1) is 35.4. The van der Waals surface area contributed by atoms with E-state index in [2.05, 4.69) is 41.2 Å². The minimum Gasteiger partial charge on any atom is -0.394 e. The van der Waals surface area contributed by atoms with Gasteiger partial charge >= 0.3 is 0 Å². The van der Waals surface area contributed by atoms with Gasteiger partial charge < -0.3 is 114 Å². The van der Waals surface area contributed by atoms with E-state index in [1.807, 2.05) is 13.8 Å². The molecular formula is C53H88O23. The van der Waals surface area contributed by atoms with Crippen LogP contribution in [0.4, 0.5) is 0 Å². The van der Waals surface area contributed by atoms with Crippen molar-refractivity contribution < 1.29 is 114 Å². The van der Waals surface area contributed by atoms with Crippen molar-refractivity contribution in [2.75, 3.05) is 33.0 Å². The van der Waals surface area contributed by atoms with E-state index in [0.717, 1.165) is 12.0 Å². The summed E-state index contributed by atoms with van der Waals surface area (Å²) in [5.74, 6) is -2.71. The molecule has 29 unspecified atom stereocenters. The SMILES string of the molecule is C=C(CC1OC2(O)C(C3CCC4C5(C)CCC(OC6OCC(O)C(O)C6OC6OC(CO)C(O)C(OC7OCC(O)(CO)C7O)C6OC6OC(CO)C(O)C(O)C6O)C(C)(C)C5CCC4(C)C3(C)C2O)C1(C)O)C(C)C. The van der Waals surface area contributed by atoms with Gasteiger partial charge in [-0.25, -0.2) is 0 Å². The molecule has 0 bridgehead atoms. The molecule has 9 fully saturated rings. The Morgan fingerprint density at radius 2 is 1.28 bits per heavy atom. The topological polar surface area (TPSA) is 366 Å². The number of aliphatic hydroxyl groups excluding tert-OH is 11. The second-order valence-electron chi connectivity index (χ2n) is 25.9. The molecule has 0 amide bonds. The van der Waals surface area contributed by atoms with Gasteiger partial charge in [0.25, 0.3) is 0 Å². The van der Waals surface area contributed by atoms with Gasteiger partial charge in [0.05, 0.1) is 56.8 Å². The third kappa shape index (κ3) is 9.04. The first-order valence-electron chi connectivity index (χ1n) is 27.4. The monoisotopic (exact) mass is 1090 g/mol. The van der Waals surface area contributed by atoms with Crippen LogP contribution in [-0.2, 0) is 42.6 Å². The number of hydrogen-bond donors (Lipinski definition) is 14. The van der Waals surface area contributed by atoms with Gasteiger partial charge in [0, 0.05) is 5.41 Å². The van der Waals surface area contributed by atoms with Gasteiger partial charge in [-0.1, -0.05) is 60.6 Å². The number of hydrogen-bond acceptors (Lipinski definition) is 23. The van der Waals surface area contributed by atoms with E-state index in [1.165, 1.54) is 0 Å². The van der Waals surface area contributed by atoms with E-state index in [4.69, 9.17) is 42.6 Å². The molecule has 0 radical (unpaired) electrons. The summed E-state index contributed by atoms with van der Waals surface area (Å²) in [5, 5.41) is 156. The van der Waals surface area contributed by atoms with E-state index in [-0.39, 0.29) is 35.7 Å². The maximum atomic E-state index is 12.6. The van der Waals surface area contributed by atoms with Crippen molar-refractivity contribution >= 4 is 0 Å². The predicted molar refractivity (Wildman–Crippen MR) is 259 cm³/mol. The summed E-state index contributed by atoms with van der Waals surface area (Å²) >= 11 is 0. The Balaban J connectivity index is 0.970. The molecule has 29 atom stereocenters. The van der Waals surface area contributed by atoms with E-state index in [1.54, 1.807) is 6.92 Å². The van der Waals surface area contributed by atoms with E-state index < -0.39 is 182 Å². The highest BCUT2D eigenvalue weighted by molar-refractivity contribution is 5.27. The molecule has 0 spiro atoms. The van der Waals surface area contributed by atoms with E-state index in [9.17, 15) is 71.5 Å². The molecule has 4 saturated carbocycles. The first-order valence-corrected chi connectivity index (χ1v) is 27.4. The maximum Gasteiger partial charge on any atom is 0.198 e. The Bertz CT molecular complexity index is 2060. The zero-order valence-corrected chi connectivity index (χ0v) is 45.0. The molecule has 0 aromatic carbocycles. The molecule has 76 heavy (non-hydrogen) atoms. The average Bonchev–Trinajstić information content (AvgIpc) is 3.87. The quantitative estimate of drug-likeness (QED) is 0.0639. The highest BCUT2D eigenvalue weighted by Crippen LogP contribution is 2.78. The fraction of sp³-hybridized carbons (Fsp3) is 0.962. The second kappa shape index (κ2) is 20.9. The van der Waals surface area contributed by atoms with E-state index in [0.29, 0.717) is 38.5 Å². The lowest BCUT2D eigenvalue weighted by atomic mass is 9.35. The molecule has 5 heterocycles. The molecule has 0 aromatic rings. The lowest BCUT2D eigenvalue weighted by Gasteiger charge is -2.70. The van der Waals surface area contributed by atoms with Crippen LogP contribution >= 0.6 is 0 Å². The van der Waals surface area contributed by atoms with Crippen LogP contribution in [0.5, 0.6) is 0 Å². The van der Waals surface area contributed by atoms with Crippen molar-refractivity contribution in [2.45, 2.75) is 234 Å². The summed E-state index contributed by atoms with van der Waals surface area (Å²) in [6.07, 6.45) is -26.3. The number of aliphatic hydroxyl groups is 14. The predicted octanol–water partition coefficient (Wildman–Crippen LogP) is -2.37. The van der Waals surface area contributed by atoms with Crippen LogP contribution in [-0.4, -0.2) is 238 Å². The summed E-state index contributed by atoms with van der Waals surface area (Å²) in [6.45, 7) is 17.2. The standard InChI is InChI=1S/C53H88O23/c1-22(2)23(3)16-31-51(9,65)40-24-10-11-29-48(6)14-13-30(47(4,5)28(48)12-15-49(29,7)50(24,8)46(64)53(40,67)76-31)72-43-38(32(58)25(57)19-68-43)74-44-39(75-42-36(62)35(61)33(59)26(17-54)70-42)37(34(60)27(18-55)71-44)73-45-41(63)52(66,20-56)21-69-45/h22,24-46,54-67H,3,10-21H2,1-2,4-9H3. The van der Waals surface area contributed by atoms with Gasteiger partial charge in [0.15, 0.2) is 30.9 Å². The van der Waals surface area contributed by atoms with Crippen LogP contribution in [0.25, 0.3) is 0 Å². The van der Waals surface area contributed by atoms with Crippen LogP contribution in [0, 0.1) is 51.2 Å². The Morgan fingerprint density at radius 1 is 0.645 bits per heavy atom. The van der Waals surface area contributed by atoms with Gasteiger partial charge in [0.1, 0.15) is 85.0 Å². The normalized spacial score (nSPS) is 56.0. The molecule has 23 nitrogen and oxygen atoms in total.